The SMILES string of the molecule is CC(=O)N1CCN(Oc2ccccc2)CC1.Cl. The van der Waals surface area contributed by atoms with Gasteiger partial charge in [0.1, 0.15) is 5.75 Å². The Labute approximate surface area is 108 Å². The number of amides is 1. The first kappa shape index (κ1) is 13.8. The van der Waals surface area contributed by atoms with E-state index in [0.717, 1.165) is 31.9 Å². The molecule has 94 valence electrons. The summed E-state index contributed by atoms with van der Waals surface area (Å²) in [6.07, 6.45) is 0. The smallest absolute Gasteiger partial charge is 0.219 e. The molecule has 1 saturated heterocycles. The number of halogens is 1. The van der Waals surface area contributed by atoms with E-state index in [4.69, 9.17) is 4.84 Å². The standard InChI is InChI=1S/C12H16N2O2.ClH/c1-11(15)13-7-9-14(10-8-13)16-12-5-3-2-4-6-12;/h2-6H,7-10H2,1H3;1H. The molecule has 0 atom stereocenters. The number of benzene rings is 1. The van der Waals surface area contributed by atoms with E-state index in [1.54, 1.807) is 6.92 Å². The molecule has 5 heteroatoms. The average molecular weight is 257 g/mol. The number of carbonyl (C=O) groups is 1. The second-order valence-corrected chi connectivity index (χ2v) is 3.84. The van der Waals surface area contributed by atoms with Crippen LogP contribution in [0.3, 0.4) is 0 Å². The maximum Gasteiger partial charge on any atom is 0.219 e. The third-order valence-electron chi connectivity index (χ3n) is 2.66. The first-order valence-corrected chi connectivity index (χ1v) is 5.49. The molecule has 1 aliphatic rings. The highest BCUT2D eigenvalue weighted by atomic mass is 35.5. The Morgan fingerprint density at radius 3 is 2.24 bits per heavy atom. The lowest BCUT2D eigenvalue weighted by Gasteiger charge is -2.33. The van der Waals surface area contributed by atoms with Gasteiger partial charge in [0.05, 0.1) is 13.1 Å². The van der Waals surface area contributed by atoms with E-state index in [2.05, 4.69) is 0 Å². The Kier molecular flexibility index (Phi) is 5.25. The van der Waals surface area contributed by atoms with Gasteiger partial charge in [0.25, 0.3) is 0 Å². The molecular formula is C12H17ClN2O2. The van der Waals surface area contributed by atoms with Gasteiger partial charge in [0.2, 0.25) is 5.91 Å². The summed E-state index contributed by atoms with van der Waals surface area (Å²) in [5.41, 5.74) is 0. The molecule has 4 nitrogen and oxygen atoms in total. The van der Waals surface area contributed by atoms with Gasteiger partial charge in [0, 0.05) is 20.0 Å². The Bertz CT molecular complexity index is 351. The van der Waals surface area contributed by atoms with Crippen molar-refractivity contribution in [1.29, 1.82) is 0 Å². The minimum atomic E-state index is 0. The highest BCUT2D eigenvalue weighted by molar-refractivity contribution is 5.85. The summed E-state index contributed by atoms with van der Waals surface area (Å²) < 4.78 is 0. The van der Waals surface area contributed by atoms with Crippen molar-refractivity contribution in [3.8, 4) is 5.75 Å². The summed E-state index contributed by atoms with van der Waals surface area (Å²) in [7, 11) is 0. The maximum atomic E-state index is 11.1. The normalized spacial score (nSPS) is 16.2. The molecule has 0 aromatic heterocycles. The third kappa shape index (κ3) is 3.91. The molecule has 2 rings (SSSR count). The van der Waals surface area contributed by atoms with Crippen molar-refractivity contribution in [2.24, 2.45) is 0 Å². The summed E-state index contributed by atoms with van der Waals surface area (Å²) >= 11 is 0. The summed E-state index contributed by atoms with van der Waals surface area (Å²) in [5.74, 6) is 0.984. The summed E-state index contributed by atoms with van der Waals surface area (Å²) in [4.78, 5) is 18.6. The molecular weight excluding hydrogens is 240 g/mol. The average Bonchev–Trinajstić information content (AvgIpc) is 2.31. The topological polar surface area (TPSA) is 32.8 Å². The lowest BCUT2D eigenvalue weighted by Crippen LogP contribution is -2.49. The van der Waals surface area contributed by atoms with Crippen LogP contribution in [-0.4, -0.2) is 42.0 Å². The molecule has 0 bridgehead atoms. The van der Waals surface area contributed by atoms with Gasteiger partial charge in [-0.1, -0.05) is 18.2 Å². The van der Waals surface area contributed by atoms with E-state index in [0.29, 0.717) is 0 Å². The number of hydrogen-bond donors (Lipinski definition) is 0. The van der Waals surface area contributed by atoms with Crippen molar-refractivity contribution in [3.63, 3.8) is 0 Å². The zero-order chi connectivity index (χ0) is 11.4. The Balaban J connectivity index is 0.00000144. The number of hydrogen-bond acceptors (Lipinski definition) is 3. The van der Waals surface area contributed by atoms with Crippen molar-refractivity contribution in [2.75, 3.05) is 26.2 Å². The zero-order valence-corrected chi connectivity index (χ0v) is 10.7. The van der Waals surface area contributed by atoms with Gasteiger partial charge in [-0.2, -0.15) is 0 Å². The fourth-order valence-electron chi connectivity index (χ4n) is 1.72. The van der Waals surface area contributed by atoms with Gasteiger partial charge in [-0.05, 0) is 12.1 Å². The minimum absolute atomic E-state index is 0. The zero-order valence-electron chi connectivity index (χ0n) is 9.83. The van der Waals surface area contributed by atoms with Crippen LogP contribution in [-0.2, 0) is 4.79 Å². The number of hydroxylamine groups is 2. The Morgan fingerprint density at radius 1 is 1.12 bits per heavy atom. The molecule has 1 aromatic rings. The minimum Gasteiger partial charge on any atom is -0.406 e. The fourth-order valence-corrected chi connectivity index (χ4v) is 1.72. The predicted octanol–water partition coefficient (Wildman–Crippen LogP) is 1.57. The predicted molar refractivity (Wildman–Crippen MR) is 68.1 cm³/mol. The lowest BCUT2D eigenvalue weighted by atomic mass is 10.3. The molecule has 17 heavy (non-hydrogen) atoms. The quantitative estimate of drug-likeness (QED) is 0.805. The number of nitrogens with zero attached hydrogens (tertiary/aromatic N) is 2. The van der Waals surface area contributed by atoms with Crippen LogP contribution < -0.4 is 4.84 Å². The van der Waals surface area contributed by atoms with Gasteiger partial charge in [0.15, 0.2) is 0 Å². The number of rotatable bonds is 2. The second kappa shape index (κ2) is 6.47. The van der Waals surface area contributed by atoms with Gasteiger partial charge in [-0.25, -0.2) is 0 Å². The van der Waals surface area contributed by atoms with Gasteiger partial charge >= 0.3 is 0 Å². The van der Waals surface area contributed by atoms with Crippen LogP contribution in [0.4, 0.5) is 0 Å². The summed E-state index contributed by atoms with van der Waals surface area (Å²) in [6.45, 7) is 4.60. The molecule has 0 N–H and O–H groups in total. The monoisotopic (exact) mass is 256 g/mol. The van der Waals surface area contributed by atoms with Crippen LogP contribution >= 0.6 is 12.4 Å². The highest BCUT2D eigenvalue weighted by Gasteiger charge is 2.19. The van der Waals surface area contributed by atoms with Gasteiger partial charge in [-0.3, -0.25) is 4.79 Å². The summed E-state index contributed by atoms with van der Waals surface area (Å²) in [5, 5.41) is 1.90. The summed E-state index contributed by atoms with van der Waals surface area (Å²) in [6, 6.07) is 9.71. The molecule has 0 spiro atoms. The third-order valence-corrected chi connectivity index (χ3v) is 2.66. The molecule has 1 fully saturated rings. The molecule has 1 aliphatic heterocycles. The van der Waals surface area contributed by atoms with Crippen molar-refractivity contribution >= 4 is 18.3 Å². The van der Waals surface area contributed by atoms with Crippen LogP contribution in [0.1, 0.15) is 6.92 Å². The van der Waals surface area contributed by atoms with Crippen molar-refractivity contribution in [3.05, 3.63) is 30.3 Å². The number of para-hydroxylation sites is 1. The molecule has 1 heterocycles. The number of carbonyl (C=O) groups excluding carboxylic acids is 1. The van der Waals surface area contributed by atoms with Crippen LogP contribution in [0.5, 0.6) is 5.75 Å². The first-order valence-electron chi connectivity index (χ1n) is 5.49. The molecule has 0 radical (unpaired) electrons. The van der Waals surface area contributed by atoms with Crippen molar-refractivity contribution in [1.82, 2.24) is 9.96 Å². The first-order chi connectivity index (χ1) is 7.75. The van der Waals surface area contributed by atoms with Crippen molar-refractivity contribution in [2.45, 2.75) is 6.92 Å². The molecule has 0 unspecified atom stereocenters. The number of piperazine rings is 1. The van der Waals surface area contributed by atoms with Crippen LogP contribution in [0.15, 0.2) is 30.3 Å². The van der Waals surface area contributed by atoms with E-state index < -0.39 is 0 Å². The molecule has 0 aliphatic carbocycles. The maximum absolute atomic E-state index is 11.1. The van der Waals surface area contributed by atoms with E-state index in [1.807, 2.05) is 40.3 Å². The van der Waals surface area contributed by atoms with E-state index in [-0.39, 0.29) is 18.3 Å². The van der Waals surface area contributed by atoms with Crippen LogP contribution in [0.25, 0.3) is 0 Å². The largest absolute Gasteiger partial charge is 0.406 e. The molecule has 0 saturated carbocycles. The van der Waals surface area contributed by atoms with E-state index >= 15 is 0 Å². The highest BCUT2D eigenvalue weighted by Crippen LogP contribution is 2.12. The second-order valence-electron chi connectivity index (χ2n) is 3.84. The Hall–Kier alpha value is -1.26. The van der Waals surface area contributed by atoms with Gasteiger partial charge < -0.3 is 9.74 Å². The lowest BCUT2D eigenvalue weighted by molar-refractivity contribution is -0.138. The van der Waals surface area contributed by atoms with E-state index in [1.165, 1.54) is 0 Å². The fraction of sp³-hybridized carbons (Fsp3) is 0.417. The molecule has 1 amide bonds. The van der Waals surface area contributed by atoms with Crippen LogP contribution in [0, 0.1) is 0 Å². The van der Waals surface area contributed by atoms with E-state index in [9.17, 15) is 4.79 Å². The van der Waals surface area contributed by atoms with Gasteiger partial charge in [-0.15, -0.1) is 17.5 Å². The Morgan fingerprint density at radius 2 is 1.71 bits per heavy atom. The van der Waals surface area contributed by atoms with Crippen molar-refractivity contribution < 1.29 is 9.63 Å². The molecule has 1 aromatic carbocycles. The van der Waals surface area contributed by atoms with Crippen LogP contribution in [0.2, 0.25) is 0 Å².